The number of nitrogens with zero attached hydrogens (tertiary/aromatic N) is 3. The van der Waals surface area contributed by atoms with Crippen LogP contribution in [0, 0.1) is 5.82 Å². The molecule has 160 valence electrons. The predicted octanol–water partition coefficient (Wildman–Crippen LogP) is 3.51. The Balaban J connectivity index is 1.36. The van der Waals surface area contributed by atoms with Crippen molar-refractivity contribution in [2.24, 2.45) is 0 Å². The minimum absolute atomic E-state index is 0.110. The maximum atomic E-state index is 13.2. The summed E-state index contributed by atoms with van der Waals surface area (Å²) in [5.41, 5.74) is 1.58. The Kier molecular flexibility index (Phi) is 5.41. The average Bonchev–Trinajstić information content (AvgIpc) is 3.46. The summed E-state index contributed by atoms with van der Waals surface area (Å²) in [5.74, 6) is 0.150. The Morgan fingerprint density at radius 3 is 2.84 bits per heavy atom. The van der Waals surface area contributed by atoms with Crippen molar-refractivity contribution in [3.05, 3.63) is 85.5 Å². The zero-order valence-electron chi connectivity index (χ0n) is 17.0. The van der Waals surface area contributed by atoms with Gasteiger partial charge >= 0.3 is 0 Å². The first-order valence-electron chi connectivity index (χ1n) is 10.5. The molecule has 0 saturated carbocycles. The summed E-state index contributed by atoms with van der Waals surface area (Å²) >= 11 is 1.74. The Labute approximate surface area is 183 Å². The third kappa shape index (κ3) is 4.05. The first-order chi connectivity index (χ1) is 15.1. The number of nitrogens with one attached hydrogen (secondary N) is 1. The lowest BCUT2D eigenvalue weighted by molar-refractivity contribution is 0.0732. The molecule has 0 bridgehead atoms. The van der Waals surface area contributed by atoms with Crippen molar-refractivity contribution >= 4 is 17.2 Å². The van der Waals surface area contributed by atoms with E-state index in [9.17, 15) is 14.0 Å². The molecule has 6 nitrogen and oxygen atoms in total. The summed E-state index contributed by atoms with van der Waals surface area (Å²) in [5, 5.41) is 2.08. The van der Waals surface area contributed by atoms with Crippen LogP contribution in [0.15, 0.2) is 46.6 Å². The summed E-state index contributed by atoms with van der Waals surface area (Å²) in [6.45, 7) is 2.56. The molecule has 8 heteroatoms. The van der Waals surface area contributed by atoms with Crippen LogP contribution in [-0.2, 0) is 19.5 Å². The molecular formula is C23H23FN4O2S. The van der Waals surface area contributed by atoms with Gasteiger partial charge in [0.05, 0.1) is 23.8 Å². The average molecular weight is 439 g/mol. The molecule has 2 aromatic heterocycles. The Hall–Kier alpha value is -2.84. The molecule has 0 spiro atoms. The molecule has 1 amide bonds. The highest BCUT2D eigenvalue weighted by Crippen LogP contribution is 2.32. The fourth-order valence-electron chi connectivity index (χ4n) is 4.48. The van der Waals surface area contributed by atoms with Gasteiger partial charge in [-0.05, 0) is 55.1 Å². The molecule has 0 unspecified atom stereocenters. The summed E-state index contributed by atoms with van der Waals surface area (Å²) in [6.07, 6.45) is 2.59. The van der Waals surface area contributed by atoms with Gasteiger partial charge in [-0.2, -0.15) is 0 Å². The second-order valence-corrected chi connectivity index (χ2v) is 9.10. The standard InChI is InChI=1S/C23H23FN4O2S/c24-16-7-5-15(6-8-16)23(30)28-11-9-19-18(14-28)22(29)26-21(25-19)20-4-1-10-27(20)13-17-3-2-12-31-17/h2-3,5-8,12,20H,1,4,9-11,13-14H2,(H,25,26,29)/t20-/m1/s1. The van der Waals surface area contributed by atoms with Crippen LogP contribution >= 0.6 is 11.3 Å². The number of amides is 1. The monoisotopic (exact) mass is 438 g/mol. The zero-order chi connectivity index (χ0) is 21.4. The summed E-state index contributed by atoms with van der Waals surface area (Å²) in [4.78, 5) is 38.8. The minimum atomic E-state index is -0.381. The van der Waals surface area contributed by atoms with Crippen LogP contribution < -0.4 is 5.56 Å². The summed E-state index contributed by atoms with van der Waals surface area (Å²) < 4.78 is 13.2. The molecule has 2 aliphatic heterocycles. The van der Waals surface area contributed by atoms with Crippen molar-refractivity contribution in [2.75, 3.05) is 13.1 Å². The van der Waals surface area contributed by atoms with E-state index >= 15 is 0 Å². The van der Waals surface area contributed by atoms with Crippen LogP contribution in [0.1, 0.15) is 51.2 Å². The Morgan fingerprint density at radius 1 is 1.23 bits per heavy atom. The second kappa shape index (κ2) is 8.36. The highest BCUT2D eigenvalue weighted by molar-refractivity contribution is 7.09. The van der Waals surface area contributed by atoms with Gasteiger partial charge in [0.25, 0.3) is 11.5 Å². The zero-order valence-corrected chi connectivity index (χ0v) is 17.8. The van der Waals surface area contributed by atoms with Crippen LogP contribution in [0.25, 0.3) is 0 Å². The molecule has 1 N–H and O–H groups in total. The van der Waals surface area contributed by atoms with Crippen molar-refractivity contribution in [1.29, 1.82) is 0 Å². The molecule has 4 heterocycles. The molecule has 0 aliphatic carbocycles. The van der Waals surface area contributed by atoms with Gasteiger partial charge in [-0.15, -0.1) is 11.3 Å². The van der Waals surface area contributed by atoms with Gasteiger partial charge in [-0.3, -0.25) is 14.5 Å². The lowest BCUT2D eigenvalue weighted by Gasteiger charge is -2.29. The smallest absolute Gasteiger partial charge is 0.256 e. The van der Waals surface area contributed by atoms with Gasteiger partial charge in [-0.25, -0.2) is 9.37 Å². The van der Waals surface area contributed by atoms with Gasteiger partial charge in [0.1, 0.15) is 11.6 Å². The van der Waals surface area contributed by atoms with E-state index in [1.165, 1.54) is 29.1 Å². The molecule has 5 rings (SSSR count). The van der Waals surface area contributed by atoms with Gasteiger partial charge in [0, 0.05) is 30.0 Å². The van der Waals surface area contributed by atoms with Crippen LogP contribution in [0.3, 0.4) is 0 Å². The highest BCUT2D eigenvalue weighted by atomic mass is 32.1. The van der Waals surface area contributed by atoms with Crippen LogP contribution in [-0.4, -0.2) is 38.8 Å². The maximum Gasteiger partial charge on any atom is 0.256 e. The largest absolute Gasteiger partial charge is 0.334 e. The first-order valence-corrected chi connectivity index (χ1v) is 11.4. The molecule has 1 fully saturated rings. The van der Waals surface area contributed by atoms with Crippen molar-refractivity contribution in [1.82, 2.24) is 19.8 Å². The van der Waals surface area contributed by atoms with Crippen molar-refractivity contribution in [3.63, 3.8) is 0 Å². The van der Waals surface area contributed by atoms with Gasteiger partial charge in [0.2, 0.25) is 0 Å². The van der Waals surface area contributed by atoms with E-state index in [-0.39, 0.29) is 29.9 Å². The lowest BCUT2D eigenvalue weighted by Crippen LogP contribution is -2.40. The molecule has 3 aromatic rings. The van der Waals surface area contributed by atoms with Crippen molar-refractivity contribution < 1.29 is 9.18 Å². The number of rotatable bonds is 4. The number of H-pyrrole nitrogens is 1. The number of hydrogen-bond donors (Lipinski definition) is 1. The van der Waals surface area contributed by atoms with Gasteiger partial charge in [0.15, 0.2) is 0 Å². The summed E-state index contributed by atoms with van der Waals surface area (Å²) in [6, 6.07) is 9.80. The number of benzene rings is 1. The second-order valence-electron chi connectivity index (χ2n) is 8.07. The van der Waals surface area contributed by atoms with Crippen LogP contribution in [0.5, 0.6) is 0 Å². The third-order valence-electron chi connectivity index (χ3n) is 6.08. The topological polar surface area (TPSA) is 69.3 Å². The van der Waals surface area contributed by atoms with E-state index in [1.807, 2.05) is 0 Å². The lowest BCUT2D eigenvalue weighted by atomic mass is 10.0. The number of carbonyl (C=O) groups is 1. The number of likely N-dealkylation sites (tertiary alicyclic amines) is 1. The highest BCUT2D eigenvalue weighted by Gasteiger charge is 2.31. The normalized spacial score (nSPS) is 18.9. The number of halogens is 1. The fourth-order valence-corrected chi connectivity index (χ4v) is 5.21. The van der Waals surface area contributed by atoms with Crippen LogP contribution in [0.4, 0.5) is 4.39 Å². The van der Waals surface area contributed by atoms with Crippen LogP contribution in [0.2, 0.25) is 0 Å². The maximum absolute atomic E-state index is 13.2. The molecule has 2 aliphatic rings. The number of carbonyl (C=O) groups excluding carboxylic acids is 1. The molecule has 1 saturated heterocycles. The number of thiophene rings is 1. The molecular weight excluding hydrogens is 415 g/mol. The SMILES string of the molecule is O=C(c1ccc(F)cc1)N1CCc2nc([C@H]3CCCN3Cc3cccs3)[nH]c(=O)c2C1. The fraction of sp³-hybridized carbons (Fsp3) is 0.348. The Bertz CT molecular complexity index is 1140. The molecule has 1 aromatic carbocycles. The van der Waals surface area contributed by atoms with E-state index < -0.39 is 0 Å². The van der Waals surface area contributed by atoms with E-state index in [1.54, 1.807) is 16.2 Å². The quantitative estimate of drug-likeness (QED) is 0.677. The van der Waals surface area contributed by atoms with Crippen molar-refractivity contribution in [3.8, 4) is 0 Å². The van der Waals surface area contributed by atoms with Crippen molar-refractivity contribution in [2.45, 2.75) is 38.4 Å². The summed E-state index contributed by atoms with van der Waals surface area (Å²) in [7, 11) is 0. The predicted molar refractivity (Wildman–Crippen MR) is 116 cm³/mol. The van der Waals surface area contributed by atoms with E-state index in [0.717, 1.165) is 37.4 Å². The van der Waals surface area contributed by atoms with E-state index in [0.29, 0.717) is 24.1 Å². The third-order valence-corrected chi connectivity index (χ3v) is 6.94. The van der Waals surface area contributed by atoms with Gasteiger partial charge < -0.3 is 9.88 Å². The molecule has 1 atom stereocenters. The van der Waals surface area contributed by atoms with E-state index in [4.69, 9.17) is 4.98 Å². The first kappa shape index (κ1) is 20.1. The molecule has 31 heavy (non-hydrogen) atoms. The number of fused-ring (bicyclic) bond motifs is 1. The molecule has 0 radical (unpaired) electrons. The Morgan fingerprint density at radius 2 is 2.06 bits per heavy atom. The number of aromatic nitrogens is 2. The number of hydrogen-bond acceptors (Lipinski definition) is 5. The van der Waals surface area contributed by atoms with E-state index in [2.05, 4.69) is 27.4 Å². The minimum Gasteiger partial charge on any atom is -0.334 e. The van der Waals surface area contributed by atoms with Gasteiger partial charge in [-0.1, -0.05) is 6.07 Å². The number of aromatic amines is 1.